The molecule has 2 aromatic carbocycles. The van der Waals surface area contributed by atoms with E-state index in [1.54, 1.807) is 0 Å². The van der Waals surface area contributed by atoms with Gasteiger partial charge in [0.2, 0.25) is 0 Å². The third kappa shape index (κ3) is 4.28. The summed E-state index contributed by atoms with van der Waals surface area (Å²) in [6.07, 6.45) is 1.85. The summed E-state index contributed by atoms with van der Waals surface area (Å²) in [6, 6.07) is 16.8. The quantitative estimate of drug-likeness (QED) is 0.869. The first-order chi connectivity index (χ1) is 11.6. The Morgan fingerprint density at radius 1 is 1.12 bits per heavy atom. The number of urea groups is 1. The molecule has 2 unspecified atom stereocenters. The van der Waals surface area contributed by atoms with Gasteiger partial charge in [0.1, 0.15) is 0 Å². The van der Waals surface area contributed by atoms with Crippen molar-refractivity contribution in [3.63, 3.8) is 0 Å². The highest BCUT2D eigenvalue weighted by atomic mass is 35.5. The van der Waals surface area contributed by atoms with Crippen molar-refractivity contribution in [1.29, 1.82) is 0 Å². The van der Waals surface area contributed by atoms with Gasteiger partial charge in [-0.05, 0) is 49.1 Å². The predicted molar refractivity (Wildman–Crippen MR) is 96.1 cm³/mol. The number of anilines is 1. The van der Waals surface area contributed by atoms with Crippen molar-refractivity contribution in [2.45, 2.75) is 38.0 Å². The molecule has 2 N–H and O–H groups in total. The first-order valence-corrected chi connectivity index (χ1v) is 8.55. The highest BCUT2D eigenvalue weighted by Crippen LogP contribution is 2.26. The minimum absolute atomic E-state index is 0.0411. The molecule has 4 nitrogen and oxygen atoms in total. The van der Waals surface area contributed by atoms with Crippen LogP contribution in [-0.2, 0) is 6.54 Å². The molecule has 0 radical (unpaired) electrons. The van der Waals surface area contributed by atoms with Gasteiger partial charge < -0.3 is 15.3 Å². The van der Waals surface area contributed by atoms with Gasteiger partial charge in [0.05, 0.1) is 6.10 Å². The van der Waals surface area contributed by atoms with Crippen LogP contribution in [0.25, 0.3) is 0 Å². The van der Waals surface area contributed by atoms with E-state index < -0.39 is 0 Å². The summed E-state index contributed by atoms with van der Waals surface area (Å²) in [6.45, 7) is 0.493. The van der Waals surface area contributed by atoms with Gasteiger partial charge in [-0.2, -0.15) is 0 Å². The highest BCUT2D eigenvalue weighted by molar-refractivity contribution is 6.30. The fourth-order valence-electron chi connectivity index (χ4n) is 3.09. The zero-order valence-corrected chi connectivity index (χ0v) is 14.1. The van der Waals surface area contributed by atoms with Gasteiger partial charge in [0.15, 0.2) is 0 Å². The molecule has 0 aromatic heterocycles. The van der Waals surface area contributed by atoms with E-state index in [0.717, 1.165) is 24.1 Å². The van der Waals surface area contributed by atoms with Crippen LogP contribution in [0, 0.1) is 0 Å². The minimum atomic E-state index is -0.327. The number of para-hydroxylation sites is 1. The van der Waals surface area contributed by atoms with Crippen molar-refractivity contribution in [3.8, 4) is 0 Å². The van der Waals surface area contributed by atoms with Gasteiger partial charge in [0.25, 0.3) is 0 Å². The van der Waals surface area contributed by atoms with Crippen molar-refractivity contribution in [1.82, 2.24) is 4.90 Å². The Labute approximate surface area is 147 Å². The Bertz CT molecular complexity index is 676. The van der Waals surface area contributed by atoms with Gasteiger partial charge >= 0.3 is 6.03 Å². The molecule has 0 heterocycles. The van der Waals surface area contributed by atoms with Gasteiger partial charge in [-0.3, -0.25) is 0 Å². The maximum absolute atomic E-state index is 12.8. The van der Waals surface area contributed by atoms with Crippen molar-refractivity contribution in [2.75, 3.05) is 5.32 Å². The number of carbonyl (C=O) groups excluding carboxylic acids is 1. The topological polar surface area (TPSA) is 52.6 Å². The molecule has 1 fully saturated rings. The Kier molecular flexibility index (Phi) is 5.38. The normalized spacial score (nSPS) is 19.9. The number of nitrogens with zero attached hydrogens (tertiary/aromatic N) is 1. The predicted octanol–water partition coefficient (Wildman–Crippen LogP) is 4.29. The van der Waals surface area contributed by atoms with E-state index in [9.17, 15) is 9.90 Å². The second-order valence-electron chi connectivity index (χ2n) is 6.17. The fourth-order valence-corrected chi connectivity index (χ4v) is 3.21. The molecule has 2 amide bonds. The van der Waals surface area contributed by atoms with Crippen LogP contribution in [0.3, 0.4) is 0 Å². The molecule has 1 aliphatic rings. The molecule has 1 aliphatic carbocycles. The SMILES string of the molecule is O=C(Nc1ccccc1)N(Cc1ccc(Cl)cc1)C1CCC(O)C1. The lowest BCUT2D eigenvalue weighted by Crippen LogP contribution is -2.41. The van der Waals surface area contributed by atoms with Crippen molar-refractivity contribution >= 4 is 23.3 Å². The minimum Gasteiger partial charge on any atom is -0.393 e. The van der Waals surface area contributed by atoms with E-state index in [0.29, 0.717) is 18.0 Å². The first kappa shape index (κ1) is 16.8. The standard InChI is InChI=1S/C19H21ClN2O2/c20-15-8-6-14(7-9-15)13-22(17-10-11-18(23)12-17)19(24)21-16-4-2-1-3-5-16/h1-9,17-18,23H,10-13H2,(H,21,24). The smallest absolute Gasteiger partial charge is 0.322 e. The Morgan fingerprint density at radius 3 is 2.46 bits per heavy atom. The number of aliphatic hydroxyl groups excluding tert-OH is 1. The molecule has 3 rings (SSSR count). The largest absolute Gasteiger partial charge is 0.393 e. The molecule has 0 saturated heterocycles. The average molecular weight is 345 g/mol. The monoisotopic (exact) mass is 344 g/mol. The lowest BCUT2D eigenvalue weighted by molar-refractivity contribution is 0.156. The molecular weight excluding hydrogens is 324 g/mol. The van der Waals surface area contributed by atoms with E-state index in [1.807, 2.05) is 59.5 Å². The van der Waals surface area contributed by atoms with Crippen LogP contribution < -0.4 is 5.32 Å². The second-order valence-corrected chi connectivity index (χ2v) is 6.61. The van der Waals surface area contributed by atoms with Crippen LogP contribution in [0.15, 0.2) is 54.6 Å². The first-order valence-electron chi connectivity index (χ1n) is 8.17. The number of rotatable bonds is 4. The fraction of sp³-hybridized carbons (Fsp3) is 0.316. The number of hydrogen-bond acceptors (Lipinski definition) is 2. The second kappa shape index (κ2) is 7.69. The van der Waals surface area contributed by atoms with Crippen molar-refractivity contribution in [3.05, 3.63) is 65.2 Å². The van der Waals surface area contributed by atoms with E-state index in [2.05, 4.69) is 5.32 Å². The average Bonchev–Trinajstić information content (AvgIpc) is 3.01. The Morgan fingerprint density at radius 2 is 1.83 bits per heavy atom. The molecule has 1 saturated carbocycles. The summed E-state index contributed by atoms with van der Waals surface area (Å²) in [5, 5.41) is 13.5. The van der Waals surface area contributed by atoms with E-state index >= 15 is 0 Å². The zero-order chi connectivity index (χ0) is 16.9. The molecular formula is C19H21ClN2O2. The van der Waals surface area contributed by atoms with Crippen LogP contribution >= 0.6 is 11.6 Å². The number of hydrogen-bond donors (Lipinski definition) is 2. The number of halogens is 1. The molecule has 0 spiro atoms. The van der Waals surface area contributed by atoms with Crippen molar-refractivity contribution < 1.29 is 9.90 Å². The number of amides is 2. The van der Waals surface area contributed by atoms with E-state index in [4.69, 9.17) is 11.6 Å². The summed E-state index contributed by atoms with van der Waals surface area (Å²) in [5.74, 6) is 0. The van der Waals surface area contributed by atoms with Crippen LogP contribution in [0.4, 0.5) is 10.5 Å². The Balaban J connectivity index is 1.76. The molecule has 126 valence electrons. The van der Waals surface area contributed by atoms with Crippen LogP contribution in [0.1, 0.15) is 24.8 Å². The summed E-state index contributed by atoms with van der Waals surface area (Å²) >= 11 is 5.94. The molecule has 0 aliphatic heterocycles. The molecule has 5 heteroatoms. The van der Waals surface area contributed by atoms with Gasteiger partial charge in [-0.25, -0.2) is 4.79 Å². The van der Waals surface area contributed by atoms with E-state index in [1.165, 1.54) is 0 Å². The summed E-state index contributed by atoms with van der Waals surface area (Å²) in [7, 11) is 0. The molecule has 2 atom stereocenters. The van der Waals surface area contributed by atoms with Crippen LogP contribution in [0.2, 0.25) is 5.02 Å². The Hall–Kier alpha value is -2.04. The highest BCUT2D eigenvalue weighted by Gasteiger charge is 2.31. The third-order valence-corrected chi connectivity index (χ3v) is 4.62. The molecule has 2 aromatic rings. The zero-order valence-electron chi connectivity index (χ0n) is 13.4. The summed E-state index contributed by atoms with van der Waals surface area (Å²) in [5.41, 5.74) is 1.78. The van der Waals surface area contributed by atoms with Gasteiger partial charge in [0, 0.05) is 23.3 Å². The number of aliphatic hydroxyl groups is 1. The van der Waals surface area contributed by atoms with Gasteiger partial charge in [-0.1, -0.05) is 41.9 Å². The van der Waals surface area contributed by atoms with Crippen LogP contribution in [0.5, 0.6) is 0 Å². The number of benzene rings is 2. The molecule has 0 bridgehead atoms. The maximum Gasteiger partial charge on any atom is 0.322 e. The van der Waals surface area contributed by atoms with Crippen LogP contribution in [-0.4, -0.2) is 28.2 Å². The van der Waals surface area contributed by atoms with Crippen molar-refractivity contribution in [2.24, 2.45) is 0 Å². The lowest BCUT2D eigenvalue weighted by Gasteiger charge is -2.29. The summed E-state index contributed by atoms with van der Waals surface area (Å²) in [4.78, 5) is 14.6. The lowest BCUT2D eigenvalue weighted by atomic mass is 10.1. The maximum atomic E-state index is 12.8. The van der Waals surface area contributed by atoms with E-state index in [-0.39, 0.29) is 18.2 Å². The molecule has 24 heavy (non-hydrogen) atoms. The van der Waals surface area contributed by atoms with Gasteiger partial charge in [-0.15, -0.1) is 0 Å². The summed E-state index contributed by atoms with van der Waals surface area (Å²) < 4.78 is 0. The third-order valence-electron chi connectivity index (χ3n) is 4.37. The number of nitrogens with one attached hydrogen (secondary N) is 1. The number of carbonyl (C=O) groups is 1.